The fraction of sp³-hybridized carbons (Fsp3) is 0.167. The van der Waals surface area contributed by atoms with Crippen LogP contribution in [0.25, 0.3) is 22.0 Å². The number of aldehydes is 1. The van der Waals surface area contributed by atoms with Crippen LogP contribution in [-0.4, -0.2) is 21.5 Å². The summed E-state index contributed by atoms with van der Waals surface area (Å²) in [6, 6.07) is 12.1. The number of hydrogen-bond acceptors (Lipinski definition) is 5. The number of nitrogens with one attached hydrogen (secondary N) is 1. The number of alkyl halides is 2. The van der Waals surface area contributed by atoms with Crippen molar-refractivity contribution in [3.05, 3.63) is 82.9 Å². The molecule has 0 radical (unpaired) electrons. The first-order valence-electron chi connectivity index (χ1n) is 9.90. The Bertz CT molecular complexity index is 1310. The lowest BCUT2D eigenvalue weighted by atomic mass is 10.0. The number of halogens is 3. The van der Waals surface area contributed by atoms with Gasteiger partial charge in [-0.15, -0.1) is 5.10 Å². The molecule has 162 valence electrons. The SMILES string of the molecule is Cc1nnc(NC(C)c2cccc(C(F)F)c2F)c2cc(-c3cccc(C=O)c3)ncc12. The summed E-state index contributed by atoms with van der Waals surface area (Å²) in [6.07, 6.45) is -0.481. The number of nitrogens with zero attached hydrogens (tertiary/aromatic N) is 3. The van der Waals surface area contributed by atoms with E-state index in [0.717, 1.165) is 23.3 Å². The number of aromatic nitrogens is 3. The highest BCUT2D eigenvalue weighted by Gasteiger charge is 2.20. The van der Waals surface area contributed by atoms with E-state index in [-0.39, 0.29) is 5.56 Å². The van der Waals surface area contributed by atoms with Crippen LogP contribution < -0.4 is 5.32 Å². The molecule has 1 atom stereocenters. The molecular weight excluding hydrogens is 417 g/mol. The standard InChI is InChI=1S/C24H19F3N4O/c1-13(17-7-4-8-18(22(17)25)23(26)27)29-24-19-10-21(16-6-3-5-15(9-16)12-32)28-11-20(19)14(2)30-31-24/h3-13,23H,1-2H3,(H,29,31). The molecular formula is C24H19F3N4O. The number of aryl methyl sites for hydroxylation is 1. The molecule has 5 nitrogen and oxygen atoms in total. The van der Waals surface area contributed by atoms with Crippen LogP contribution >= 0.6 is 0 Å². The lowest BCUT2D eigenvalue weighted by molar-refractivity contribution is 0.112. The highest BCUT2D eigenvalue weighted by atomic mass is 19.3. The molecule has 1 unspecified atom stereocenters. The van der Waals surface area contributed by atoms with Gasteiger partial charge in [-0.25, -0.2) is 13.2 Å². The third kappa shape index (κ3) is 4.03. The smallest absolute Gasteiger partial charge is 0.266 e. The summed E-state index contributed by atoms with van der Waals surface area (Å²) in [5.74, 6) is -0.574. The van der Waals surface area contributed by atoms with Crippen molar-refractivity contribution in [2.45, 2.75) is 26.3 Å². The Balaban J connectivity index is 1.76. The van der Waals surface area contributed by atoms with Gasteiger partial charge >= 0.3 is 0 Å². The van der Waals surface area contributed by atoms with Gasteiger partial charge < -0.3 is 5.32 Å². The largest absolute Gasteiger partial charge is 0.361 e. The van der Waals surface area contributed by atoms with Gasteiger partial charge in [0.15, 0.2) is 5.82 Å². The molecule has 2 heterocycles. The van der Waals surface area contributed by atoms with E-state index >= 15 is 0 Å². The van der Waals surface area contributed by atoms with E-state index in [1.54, 1.807) is 38.2 Å². The van der Waals surface area contributed by atoms with Gasteiger partial charge in [0.1, 0.15) is 12.1 Å². The minimum atomic E-state index is -2.90. The first kappa shape index (κ1) is 21.4. The third-order valence-corrected chi connectivity index (χ3v) is 5.28. The van der Waals surface area contributed by atoms with E-state index < -0.39 is 23.8 Å². The highest BCUT2D eigenvalue weighted by Crippen LogP contribution is 2.32. The van der Waals surface area contributed by atoms with Crippen LogP contribution in [0.4, 0.5) is 19.0 Å². The summed E-state index contributed by atoms with van der Waals surface area (Å²) in [7, 11) is 0. The van der Waals surface area contributed by atoms with E-state index in [9.17, 15) is 18.0 Å². The van der Waals surface area contributed by atoms with Crippen molar-refractivity contribution >= 4 is 22.9 Å². The maximum Gasteiger partial charge on any atom is 0.266 e. The lowest BCUT2D eigenvalue weighted by Crippen LogP contribution is -2.12. The van der Waals surface area contributed by atoms with E-state index in [1.807, 2.05) is 12.1 Å². The predicted octanol–water partition coefficient (Wildman–Crippen LogP) is 6.06. The monoisotopic (exact) mass is 436 g/mol. The van der Waals surface area contributed by atoms with Gasteiger partial charge in [0, 0.05) is 33.7 Å². The van der Waals surface area contributed by atoms with Gasteiger partial charge in [-0.3, -0.25) is 9.78 Å². The van der Waals surface area contributed by atoms with Crippen LogP contribution in [-0.2, 0) is 0 Å². The predicted molar refractivity (Wildman–Crippen MR) is 116 cm³/mol. The first-order chi connectivity index (χ1) is 15.4. The Morgan fingerprint density at radius 1 is 1.00 bits per heavy atom. The summed E-state index contributed by atoms with van der Waals surface area (Å²) in [5.41, 5.74) is 2.01. The fourth-order valence-corrected chi connectivity index (χ4v) is 3.56. The maximum atomic E-state index is 14.6. The van der Waals surface area contributed by atoms with Crippen molar-refractivity contribution in [3.8, 4) is 11.3 Å². The van der Waals surface area contributed by atoms with Gasteiger partial charge in [0.2, 0.25) is 0 Å². The number of rotatable bonds is 6. The van der Waals surface area contributed by atoms with E-state index in [1.165, 1.54) is 12.1 Å². The first-order valence-corrected chi connectivity index (χ1v) is 9.90. The van der Waals surface area contributed by atoms with E-state index in [0.29, 0.717) is 28.2 Å². The minimum Gasteiger partial charge on any atom is -0.361 e. The molecule has 0 aliphatic carbocycles. The topological polar surface area (TPSA) is 67.8 Å². The second-order valence-corrected chi connectivity index (χ2v) is 7.41. The summed E-state index contributed by atoms with van der Waals surface area (Å²) in [5, 5.41) is 12.9. The van der Waals surface area contributed by atoms with Gasteiger partial charge in [0.05, 0.1) is 23.0 Å². The van der Waals surface area contributed by atoms with Crippen LogP contribution in [0, 0.1) is 12.7 Å². The molecule has 2 aromatic heterocycles. The molecule has 32 heavy (non-hydrogen) atoms. The number of benzene rings is 2. The number of carbonyl (C=O) groups is 1. The van der Waals surface area contributed by atoms with Crippen LogP contribution in [0.15, 0.2) is 54.7 Å². The van der Waals surface area contributed by atoms with Crippen molar-refractivity contribution in [1.82, 2.24) is 15.2 Å². The molecule has 1 N–H and O–H groups in total. The van der Waals surface area contributed by atoms with Crippen LogP contribution in [0.2, 0.25) is 0 Å². The summed E-state index contributed by atoms with van der Waals surface area (Å²) in [4.78, 5) is 15.6. The van der Waals surface area contributed by atoms with Crippen molar-refractivity contribution in [2.75, 3.05) is 5.32 Å². The molecule has 0 aliphatic rings. The second-order valence-electron chi connectivity index (χ2n) is 7.41. The van der Waals surface area contributed by atoms with Crippen LogP contribution in [0.3, 0.4) is 0 Å². The van der Waals surface area contributed by atoms with Crippen LogP contribution in [0.1, 0.15) is 46.6 Å². The van der Waals surface area contributed by atoms with Crippen molar-refractivity contribution < 1.29 is 18.0 Å². The normalized spacial score (nSPS) is 12.2. The van der Waals surface area contributed by atoms with E-state index in [4.69, 9.17) is 0 Å². The van der Waals surface area contributed by atoms with Gasteiger partial charge in [-0.2, -0.15) is 5.10 Å². The Morgan fingerprint density at radius 3 is 2.50 bits per heavy atom. The maximum absolute atomic E-state index is 14.6. The third-order valence-electron chi connectivity index (χ3n) is 5.28. The Hall–Kier alpha value is -3.81. The molecule has 0 spiro atoms. The molecule has 0 bridgehead atoms. The van der Waals surface area contributed by atoms with E-state index in [2.05, 4.69) is 20.5 Å². The number of pyridine rings is 1. The molecule has 4 aromatic rings. The lowest BCUT2D eigenvalue weighted by Gasteiger charge is -2.18. The minimum absolute atomic E-state index is 0.103. The number of anilines is 1. The van der Waals surface area contributed by atoms with Crippen LogP contribution in [0.5, 0.6) is 0 Å². The highest BCUT2D eigenvalue weighted by molar-refractivity contribution is 5.95. The average molecular weight is 436 g/mol. The Morgan fingerprint density at radius 2 is 1.75 bits per heavy atom. The van der Waals surface area contributed by atoms with Gasteiger partial charge in [-0.05, 0) is 26.0 Å². The molecule has 0 fully saturated rings. The molecule has 0 amide bonds. The second kappa shape index (κ2) is 8.74. The fourth-order valence-electron chi connectivity index (χ4n) is 3.56. The van der Waals surface area contributed by atoms with Crippen molar-refractivity contribution in [2.24, 2.45) is 0 Å². The zero-order valence-corrected chi connectivity index (χ0v) is 17.3. The number of hydrogen-bond donors (Lipinski definition) is 1. The van der Waals surface area contributed by atoms with Gasteiger partial charge in [0.25, 0.3) is 6.43 Å². The molecule has 4 rings (SSSR count). The molecule has 0 saturated heterocycles. The molecule has 2 aromatic carbocycles. The van der Waals surface area contributed by atoms with Crippen molar-refractivity contribution in [1.29, 1.82) is 0 Å². The average Bonchev–Trinajstić information content (AvgIpc) is 2.80. The summed E-state index contributed by atoms with van der Waals surface area (Å²) in [6.45, 7) is 3.46. The molecule has 8 heteroatoms. The van der Waals surface area contributed by atoms with Crippen molar-refractivity contribution in [3.63, 3.8) is 0 Å². The zero-order chi connectivity index (χ0) is 22.8. The Labute approximate surface area is 182 Å². The molecule has 0 aliphatic heterocycles. The summed E-state index contributed by atoms with van der Waals surface area (Å²) < 4.78 is 40.8. The number of carbonyl (C=O) groups excluding carboxylic acids is 1. The molecule has 0 saturated carbocycles. The number of fused-ring (bicyclic) bond motifs is 1. The van der Waals surface area contributed by atoms with Gasteiger partial charge in [-0.1, -0.05) is 36.4 Å². The summed E-state index contributed by atoms with van der Waals surface area (Å²) >= 11 is 0. The Kier molecular flexibility index (Phi) is 5.85. The zero-order valence-electron chi connectivity index (χ0n) is 17.3. The quantitative estimate of drug-likeness (QED) is 0.372.